The first-order valence-electron chi connectivity index (χ1n) is 6.75. The number of fused-ring (bicyclic) bond motifs is 1. The molecule has 0 aliphatic carbocycles. The number of carboxylic acid groups (broad SMARTS) is 2. The molecule has 0 atom stereocenters. The summed E-state index contributed by atoms with van der Waals surface area (Å²) in [6, 6.07) is 11.2. The van der Waals surface area contributed by atoms with Gasteiger partial charge < -0.3 is 10.2 Å². The van der Waals surface area contributed by atoms with Crippen LogP contribution in [0.1, 0.15) is 25.0 Å². The Morgan fingerprint density at radius 3 is 1.59 bits per heavy atom. The van der Waals surface area contributed by atoms with E-state index in [0.717, 1.165) is 21.9 Å². The zero-order valence-corrected chi connectivity index (χ0v) is 12.3. The maximum Gasteiger partial charge on any atom is 0.331 e. The van der Waals surface area contributed by atoms with Crippen LogP contribution in [0.25, 0.3) is 22.9 Å². The Bertz CT molecular complexity index is 748. The molecule has 4 heteroatoms. The van der Waals surface area contributed by atoms with Gasteiger partial charge in [-0.05, 0) is 47.9 Å². The minimum atomic E-state index is -0.980. The van der Waals surface area contributed by atoms with Gasteiger partial charge in [0.2, 0.25) is 0 Å². The second kappa shape index (κ2) is 6.26. The molecule has 112 valence electrons. The number of benzene rings is 2. The van der Waals surface area contributed by atoms with Crippen molar-refractivity contribution >= 4 is 34.9 Å². The van der Waals surface area contributed by atoms with Gasteiger partial charge in [-0.3, -0.25) is 0 Å². The van der Waals surface area contributed by atoms with E-state index in [9.17, 15) is 9.59 Å². The fourth-order valence-corrected chi connectivity index (χ4v) is 2.23. The standard InChI is InChI=1S/C18H16O4/c1-11(17(19)20)9-14-7-3-5-13-6-4-8-15(16(13)14)10-12(2)18(21)22/h3-10H,1-2H3,(H,19,20)(H,21,22)/b11-9+,12-10+. The predicted molar refractivity (Wildman–Crippen MR) is 86.5 cm³/mol. The van der Waals surface area contributed by atoms with Crippen LogP contribution >= 0.6 is 0 Å². The third kappa shape index (κ3) is 3.23. The smallest absolute Gasteiger partial charge is 0.331 e. The van der Waals surface area contributed by atoms with Crippen molar-refractivity contribution in [2.75, 3.05) is 0 Å². The highest BCUT2D eigenvalue weighted by atomic mass is 16.4. The Labute approximate surface area is 128 Å². The predicted octanol–water partition coefficient (Wildman–Crippen LogP) is 3.82. The van der Waals surface area contributed by atoms with E-state index in [2.05, 4.69) is 0 Å². The van der Waals surface area contributed by atoms with Crippen molar-refractivity contribution in [1.82, 2.24) is 0 Å². The van der Waals surface area contributed by atoms with Crippen LogP contribution in [-0.4, -0.2) is 22.2 Å². The summed E-state index contributed by atoms with van der Waals surface area (Å²) in [7, 11) is 0. The summed E-state index contributed by atoms with van der Waals surface area (Å²) in [6.07, 6.45) is 3.19. The fraction of sp³-hybridized carbons (Fsp3) is 0.111. The Kier molecular flexibility index (Phi) is 4.41. The van der Waals surface area contributed by atoms with Crippen molar-refractivity contribution in [3.8, 4) is 0 Å². The van der Waals surface area contributed by atoms with Crippen molar-refractivity contribution in [1.29, 1.82) is 0 Å². The lowest BCUT2D eigenvalue weighted by Gasteiger charge is -2.08. The van der Waals surface area contributed by atoms with Gasteiger partial charge in [0.15, 0.2) is 0 Å². The van der Waals surface area contributed by atoms with Crippen LogP contribution in [0, 0.1) is 0 Å². The van der Waals surface area contributed by atoms with Gasteiger partial charge in [0.1, 0.15) is 0 Å². The molecule has 0 aromatic heterocycles. The summed E-state index contributed by atoms with van der Waals surface area (Å²) in [5, 5.41) is 19.9. The first kappa shape index (κ1) is 15.5. The highest BCUT2D eigenvalue weighted by Crippen LogP contribution is 2.27. The van der Waals surface area contributed by atoms with Gasteiger partial charge in [-0.1, -0.05) is 36.4 Å². The van der Waals surface area contributed by atoms with Crippen molar-refractivity contribution in [3.05, 3.63) is 58.7 Å². The zero-order valence-electron chi connectivity index (χ0n) is 12.3. The van der Waals surface area contributed by atoms with Crippen molar-refractivity contribution in [2.45, 2.75) is 13.8 Å². The van der Waals surface area contributed by atoms with Gasteiger partial charge in [-0.25, -0.2) is 9.59 Å². The van der Waals surface area contributed by atoms with Crippen LogP contribution in [-0.2, 0) is 9.59 Å². The highest BCUT2D eigenvalue weighted by molar-refractivity contribution is 6.02. The molecule has 0 heterocycles. The summed E-state index contributed by atoms with van der Waals surface area (Å²) < 4.78 is 0. The van der Waals surface area contributed by atoms with Gasteiger partial charge >= 0.3 is 11.9 Å². The van der Waals surface area contributed by atoms with Gasteiger partial charge in [0.25, 0.3) is 0 Å². The number of carbonyl (C=O) groups is 2. The summed E-state index contributed by atoms with van der Waals surface area (Å²) in [5.41, 5.74) is 1.95. The lowest BCUT2D eigenvalue weighted by Crippen LogP contribution is -1.97. The van der Waals surface area contributed by atoms with Crippen LogP contribution in [0.5, 0.6) is 0 Å². The molecule has 0 aliphatic rings. The number of rotatable bonds is 4. The minimum absolute atomic E-state index is 0.223. The van der Waals surface area contributed by atoms with E-state index in [1.807, 2.05) is 36.4 Å². The SMILES string of the molecule is C/C(=C\c1cccc2cccc(/C=C(\C)C(=O)O)c12)C(=O)O. The summed E-state index contributed by atoms with van der Waals surface area (Å²) in [5.74, 6) is -1.96. The Morgan fingerprint density at radius 1 is 0.818 bits per heavy atom. The Hall–Kier alpha value is -2.88. The zero-order chi connectivity index (χ0) is 16.3. The molecule has 2 rings (SSSR count). The van der Waals surface area contributed by atoms with E-state index in [4.69, 9.17) is 10.2 Å². The largest absolute Gasteiger partial charge is 0.478 e. The van der Waals surface area contributed by atoms with Crippen molar-refractivity contribution in [3.63, 3.8) is 0 Å². The van der Waals surface area contributed by atoms with E-state index in [1.54, 1.807) is 12.2 Å². The van der Waals surface area contributed by atoms with E-state index >= 15 is 0 Å². The molecule has 4 nitrogen and oxygen atoms in total. The maximum absolute atomic E-state index is 11.0. The summed E-state index contributed by atoms with van der Waals surface area (Å²) >= 11 is 0. The highest BCUT2D eigenvalue weighted by Gasteiger charge is 2.08. The van der Waals surface area contributed by atoms with Crippen LogP contribution in [0.2, 0.25) is 0 Å². The number of aliphatic carboxylic acids is 2. The minimum Gasteiger partial charge on any atom is -0.478 e. The number of carboxylic acids is 2. The van der Waals surface area contributed by atoms with Crippen molar-refractivity contribution in [2.24, 2.45) is 0 Å². The lowest BCUT2D eigenvalue weighted by atomic mass is 9.96. The van der Waals surface area contributed by atoms with Crippen LogP contribution in [0.15, 0.2) is 47.5 Å². The molecule has 0 fully saturated rings. The Morgan fingerprint density at radius 2 is 1.23 bits per heavy atom. The molecule has 2 aromatic carbocycles. The molecule has 0 aliphatic heterocycles. The topological polar surface area (TPSA) is 74.6 Å². The third-order valence-corrected chi connectivity index (χ3v) is 3.39. The molecule has 22 heavy (non-hydrogen) atoms. The summed E-state index contributed by atoms with van der Waals surface area (Å²) in [6.45, 7) is 3.06. The molecule has 2 aromatic rings. The quantitative estimate of drug-likeness (QED) is 0.841. The van der Waals surface area contributed by atoms with Gasteiger partial charge in [0.05, 0.1) is 0 Å². The molecule has 0 radical (unpaired) electrons. The fourth-order valence-electron chi connectivity index (χ4n) is 2.23. The molecule has 0 unspecified atom stereocenters. The second-order valence-corrected chi connectivity index (χ2v) is 5.06. The molecule has 0 saturated heterocycles. The average Bonchev–Trinajstić information content (AvgIpc) is 2.47. The molecule has 0 saturated carbocycles. The first-order valence-corrected chi connectivity index (χ1v) is 6.75. The van der Waals surface area contributed by atoms with Crippen LogP contribution in [0.3, 0.4) is 0 Å². The average molecular weight is 296 g/mol. The van der Waals surface area contributed by atoms with E-state index in [0.29, 0.717) is 0 Å². The lowest BCUT2D eigenvalue weighted by molar-refractivity contribution is -0.133. The van der Waals surface area contributed by atoms with E-state index < -0.39 is 11.9 Å². The molecular weight excluding hydrogens is 280 g/mol. The second-order valence-electron chi connectivity index (χ2n) is 5.06. The van der Waals surface area contributed by atoms with Gasteiger partial charge in [0, 0.05) is 11.1 Å². The monoisotopic (exact) mass is 296 g/mol. The molecular formula is C18H16O4. The van der Waals surface area contributed by atoms with Crippen LogP contribution in [0.4, 0.5) is 0 Å². The van der Waals surface area contributed by atoms with Gasteiger partial charge in [-0.15, -0.1) is 0 Å². The normalized spacial score (nSPS) is 12.5. The molecule has 2 N–H and O–H groups in total. The maximum atomic E-state index is 11.0. The first-order chi connectivity index (χ1) is 10.4. The van der Waals surface area contributed by atoms with Crippen LogP contribution < -0.4 is 0 Å². The number of hydrogen-bond donors (Lipinski definition) is 2. The van der Waals surface area contributed by atoms with E-state index in [1.165, 1.54) is 13.8 Å². The third-order valence-electron chi connectivity index (χ3n) is 3.39. The number of hydrogen-bond acceptors (Lipinski definition) is 2. The Balaban J connectivity index is 2.74. The molecule has 0 spiro atoms. The molecule has 0 bridgehead atoms. The van der Waals surface area contributed by atoms with Crippen molar-refractivity contribution < 1.29 is 19.8 Å². The van der Waals surface area contributed by atoms with Gasteiger partial charge in [-0.2, -0.15) is 0 Å². The van der Waals surface area contributed by atoms with E-state index in [-0.39, 0.29) is 11.1 Å². The molecule has 0 amide bonds. The summed E-state index contributed by atoms with van der Waals surface area (Å²) in [4.78, 5) is 22.1.